The lowest BCUT2D eigenvalue weighted by molar-refractivity contribution is 1.18. The fraction of sp³-hybridized carbons (Fsp3) is 0. The Morgan fingerprint density at radius 2 is 0.351 bits per heavy atom. The smallest absolute Gasteiger partial charge is 0.0541 e. The first-order chi connectivity index (χ1) is 46.6. The number of rotatable bonds is 13. The van der Waals surface area contributed by atoms with Crippen LogP contribution in [0.1, 0.15) is 0 Å². The Kier molecular flexibility index (Phi) is 15.3. The number of nitrogens with zero attached hydrogens (tertiary/aromatic N) is 4. The highest BCUT2D eigenvalue weighted by atomic mass is 15.1. The molecule has 444 valence electrons. The molecule has 0 bridgehead atoms. The van der Waals surface area contributed by atoms with Crippen molar-refractivity contribution >= 4 is 77.7 Å². The number of hydrogen-bond acceptors (Lipinski definition) is 2. The van der Waals surface area contributed by atoms with E-state index in [-0.39, 0.29) is 0 Å². The fourth-order valence-electron chi connectivity index (χ4n) is 13.4. The van der Waals surface area contributed by atoms with E-state index >= 15 is 0 Å². The normalized spacial score (nSPS) is 11.2. The van der Waals surface area contributed by atoms with Crippen molar-refractivity contribution in [2.45, 2.75) is 0 Å². The third-order valence-corrected chi connectivity index (χ3v) is 18.0. The van der Waals surface area contributed by atoms with Gasteiger partial charge in [-0.15, -0.1) is 0 Å². The first-order valence-electron chi connectivity index (χ1n) is 32.1. The molecule has 2 aromatic heterocycles. The average Bonchev–Trinajstić information content (AvgIpc) is 1.61. The van der Waals surface area contributed by atoms with Crippen molar-refractivity contribution in [3.05, 3.63) is 388 Å². The summed E-state index contributed by atoms with van der Waals surface area (Å²) in [6.45, 7) is 0. The molecule has 94 heavy (non-hydrogen) atoms. The zero-order chi connectivity index (χ0) is 62.6. The van der Waals surface area contributed by atoms with Crippen molar-refractivity contribution in [2.24, 2.45) is 0 Å². The lowest BCUT2D eigenvalue weighted by Gasteiger charge is -2.26. The summed E-state index contributed by atoms with van der Waals surface area (Å²) in [7, 11) is 0. The molecule has 0 aliphatic rings. The Morgan fingerprint density at radius 1 is 0.149 bits per heavy atom. The number of hydrogen-bond donors (Lipinski definition) is 0. The van der Waals surface area contributed by atoms with Crippen LogP contribution in [0.5, 0.6) is 0 Å². The number of anilines is 6. The number of aromatic nitrogens is 2. The molecular weight excluding hydrogens is 1140 g/mol. The number of para-hydroxylation sites is 5. The summed E-state index contributed by atoms with van der Waals surface area (Å²) in [5.41, 5.74) is 25.9. The van der Waals surface area contributed by atoms with E-state index in [1.165, 1.54) is 99.2 Å². The van der Waals surface area contributed by atoms with Gasteiger partial charge in [-0.25, -0.2) is 0 Å². The lowest BCUT2D eigenvalue weighted by Crippen LogP contribution is -2.09. The van der Waals surface area contributed by atoms with Gasteiger partial charge in [0, 0.05) is 67.0 Å². The van der Waals surface area contributed by atoms with E-state index in [9.17, 15) is 0 Å². The maximum atomic E-state index is 2.38. The topological polar surface area (TPSA) is 16.3 Å². The van der Waals surface area contributed by atoms with Crippen molar-refractivity contribution in [3.8, 4) is 67.0 Å². The summed E-state index contributed by atoms with van der Waals surface area (Å²) in [5.74, 6) is 0. The first kappa shape index (κ1) is 56.7. The Labute approximate surface area is 548 Å². The van der Waals surface area contributed by atoms with Gasteiger partial charge >= 0.3 is 0 Å². The molecule has 4 nitrogen and oxygen atoms in total. The Bertz CT molecular complexity index is 5240. The molecule has 0 radical (unpaired) electrons. The Morgan fingerprint density at radius 3 is 0.628 bits per heavy atom. The second-order valence-corrected chi connectivity index (χ2v) is 23.7. The van der Waals surface area contributed by atoms with E-state index in [2.05, 4.69) is 407 Å². The maximum absolute atomic E-state index is 2.38. The highest BCUT2D eigenvalue weighted by molar-refractivity contribution is 6.10. The van der Waals surface area contributed by atoms with Crippen molar-refractivity contribution in [3.63, 3.8) is 0 Å². The van der Waals surface area contributed by atoms with E-state index in [1.807, 2.05) is 0 Å². The second-order valence-electron chi connectivity index (χ2n) is 23.7. The average molecular weight is 1200 g/mol. The van der Waals surface area contributed by atoms with Crippen LogP contribution in [0.25, 0.3) is 111 Å². The van der Waals surface area contributed by atoms with E-state index in [4.69, 9.17) is 0 Å². The summed E-state index contributed by atoms with van der Waals surface area (Å²) < 4.78 is 4.75. The van der Waals surface area contributed by atoms with Crippen LogP contribution >= 0.6 is 0 Å². The minimum atomic E-state index is 1.10. The van der Waals surface area contributed by atoms with Crippen LogP contribution in [0.4, 0.5) is 34.1 Å². The minimum Gasteiger partial charge on any atom is -0.311 e. The van der Waals surface area contributed by atoms with E-state index in [1.54, 1.807) is 0 Å². The first-order valence-corrected chi connectivity index (χ1v) is 32.1. The molecule has 17 rings (SSSR count). The van der Waals surface area contributed by atoms with Gasteiger partial charge in [0.1, 0.15) is 0 Å². The Balaban J connectivity index is 0.000000150. The Hall–Kier alpha value is -12.5. The molecule has 0 amide bonds. The van der Waals surface area contributed by atoms with Crippen LogP contribution in [0, 0.1) is 0 Å². The van der Waals surface area contributed by atoms with Gasteiger partial charge in [0.15, 0.2) is 0 Å². The zero-order valence-corrected chi connectivity index (χ0v) is 51.7. The van der Waals surface area contributed by atoms with E-state index in [0.717, 1.165) is 45.5 Å². The summed E-state index contributed by atoms with van der Waals surface area (Å²) >= 11 is 0. The van der Waals surface area contributed by atoms with Crippen molar-refractivity contribution in [1.29, 1.82) is 0 Å². The molecule has 4 heteroatoms. The molecule has 0 spiro atoms. The monoisotopic (exact) mass is 1200 g/mol. The van der Waals surface area contributed by atoms with Gasteiger partial charge in [-0.2, -0.15) is 0 Å². The third-order valence-electron chi connectivity index (χ3n) is 18.0. The SMILES string of the molecule is c1ccc(-c2ccc(N(c3ccc(-c4ccccc4)cc3)c3ccc(-c4cccc(-n5c6ccccc6c6ccccc65)c4)cc3)cc2)cc1.c1ccc(-c2ccc(N(c3ccccc3)c3ccc(-c4cccc(-n5c6ccccc6c6ccccc65)c4)cc3)cc2)cc1. The van der Waals surface area contributed by atoms with Crippen LogP contribution in [0.3, 0.4) is 0 Å². The summed E-state index contributed by atoms with van der Waals surface area (Å²) in [4.78, 5) is 4.65. The van der Waals surface area contributed by atoms with Gasteiger partial charge in [-0.3, -0.25) is 0 Å². The van der Waals surface area contributed by atoms with Crippen LogP contribution in [-0.2, 0) is 0 Å². The van der Waals surface area contributed by atoms with Gasteiger partial charge in [-0.05, 0) is 177 Å². The molecule has 0 fully saturated rings. The van der Waals surface area contributed by atoms with Gasteiger partial charge in [0.05, 0.1) is 22.1 Å². The molecule has 0 saturated carbocycles. The molecule has 0 aliphatic carbocycles. The van der Waals surface area contributed by atoms with Crippen LogP contribution in [-0.4, -0.2) is 9.13 Å². The summed E-state index contributed by atoms with van der Waals surface area (Å²) in [6.07, 6.45) is 0. The van der Waals surface area contributed by atoms with Gasteiger partial charge in [-0.1, -0.05) is 267 Å². The lowest BCUT2D eigenvalue weighted by atomic mass is 10.0. The van der Waals surface area contributed by atoms with Crippen LogP contribution < -0.4 is 9.80 Å². The molecule has 0 unspecified atom stereocenters. The van der Waals surface area contributed by atoms with E-state index in [0.29, 0.717) is 0 Å². The molecule has 17 aromatic rings. The van der Waals surface area contributed by atoms with E-state index < -0.39 is 0 Å². The molecule has 2 heterocycles. The fourth-order valence-corrected chi connectivity index (χ4v) is 13.4. The molecule has 0 saturated heterocycles. The molecule has 0 atom stereocenters. The maximum Gasteiger partial charge on any atom is 0.0541 e. The van der Waals surface area contributed by atoms with Gasteiger partial charge in [0.25, 0.3) is 0 Å². The molecule has 15 aromatic carbocycles. The summed E-state index contributed by atoms with van der Waals surface area (Å²) in [5, 5.41) is 5.09. The van der Waals surface area contributed by atoms with Crippen LogP contribution in [0.15, 0.2) is 388 Å². The predicted octanol–water partition coefficient (Wildman–Crippen LogP) is 24.8. The highest BCUT2D eigenvalue weighted by Gasteiger charge is 2.18. The number of benzene rings is 15. The summed E-state index contributed by atoms with van der Waals surface area (Å²) in [6, 6.07) is 139. The zero-order valence-electron chi connectivity index (χ0n) is 51.7. The van der Waals surface area contributed by atoms with Gasteiger partial charge in [0.2, 0.25) is 0 Å². The molecule has 0 N–H and O–H groups in total. The highest BCUT2D eigenvalue weighted by Crippen LogP contribution is 2.41. The quantitative estimate of drug-likeness (QED) is 0.114. The third kappa shape index (κ3) is 11.2. The van der Waals surface area contributed by atoms with Gasteiger partial charge < -0.3 is 18.9 Å². The minimum absolute atomic E-state index is 1.10. The predicted molar refractivity (Wildman–Crippen MR) is 398 cm³/mol. The largest absolute Gasteiger partial charge is 0.311 e. The molecular formula is C90H64N4. The molecule has 0 aliphatic heterocycles. The van der Waals surface area contributed by atoms with Crippen molar-refractivity contribution in [2.75, 3.05) is 9.80 Å². The number of fused-ring (bicyclic) bond motifs is 6. The van der Waals surface area contributed by atoms with Crippen molar-refractivity contribution in [1.82, 2.24) is 9.13 Å². The van der Waals surface area contributed by atoms with Crippen molar-refractivity contribution < 1.29 is 0 Å². The second kappa shape index (κ2) is 25.4. The standard InChI is InChI=1S/C48H34N2.C42H30N2/c1-3-12-35(13-4-1)37-22-28-41(29-23-37)49(42-30-24-38(25-31-42)36-14-5-2-6-15-36)43-32-26-39(27-33-43)40-16-11-17-44(34-40)50-47-20-9-7-18-45(47)46-19-8-10-21-48(46)50;1-3-12-31(13-4-1)32-22-26-36(27-23-32)43(35-15-5-2-6-16-35)37-28-24-33(25-29-37)34-14-11-17-38(30-34)44-41-20-9-7-18-39(41)40-19-8-10-21-42(40)44/h1-34H;1-30H. The van der Waals surface area contributed by atoms with Crippen LogP contribution in [0.2, 0.25) is 0 Å².